The SMILES string of the molecule is CCC(C)C(C(=O)O)N(CCC(=O)O)CCC(=O)O. The number of nitrogens with zero attached hydrogens (tertiary/aromatic N) is 1. The highest BCUT2D eigenvalue weighted by Crippen LogP contribution is 2.16. The van der Waals surface area contributed by atoms with Gasteiger partial charge in [-0.15, -0.1) is 0 Å². The third kappa shape index (κ3) is 6.76. The molecule has 0 spiro atoms. The molecule has 0 saturated carbocycles. The zero-order chi connectivity index (χ0) is 15.0. The minimum absolute atomic E-state index is 0.0317. The van der Waals surface area contributed by atoms with Crippen molar-refractivity contribution in [2.24, 2.45) is 5.92 Å². The molecular weight excluding hydrogens is 254 g/mol. The van der Waals surface area contributed by atoms with Crippen molar-refractivity contribution in [3.8, 4) is 0 Å². The van der Waals surface area contributed by atoms with Gasteiger partial charge in [0.15, 0.2) is 0 Å². The first-order chi connectivity index (χ1) is 8.79. The summed E-state index contributed by atoms with van der Waals surface area (Å²) in [4.78, 5) is 33.9. The summed E-state index contributed by atoms with van der Waals surface area (Å²) in [6.07, 6.45) is 0.202. The first-order valence-electron chi connectivity index (χ1n) is 6.20. The first kappa shape index (κ1) is 17.4. The van der Waals surface area contributed by atoms with E-state index in [-0.39, 0.29) is 31.8 Å². The molecule has 2 unspecified atom stereocenters. The summed E-state index contributed by atoms with van der Waals surface area (Å²) in [5.74, 6) is -3.30. The van der Waals surface area contributed by atoms with E-state index in [2.05, 4.69) is 0 Å². The predicted molar refractivity (Wildman–Crippen MR) is 67.0 cm³/mol. The third-order valence-corrected chi connectivity index (χ3v) is 3.06. The van der Waals surface area contributed by atoms with Gasteiger partial charge in [0.05, 0.1) is 12.8 Å². The Labute approximate surface area is 111 Å². The first-order valence-corrected chi connectivity index (χ1v) is 6.20. The number of aliphatic carboxylic acids is 3. The molecule has 0 saturated heterocycles. The lowest BCUT2D eigenvalue weighted by molar-refractivity contribution is -0.148. The van der Waals surface area contributed by atoms with Gasteiger partial charge in [-0.05, 0) is 5.92 Å². The Kier molecular flexibility index (Phi) is 7.74. The maximum Gasteiger partial charge on any atom is 0.321 e. The molecule has 0 aliphatic heterocycles. The van der Waals surface area contributed by atoms with Gasteiger partial charge < -0.3 is 15.3 Å². The molecule has 110 valence electrons. The molecule has 0 bridgehead atoms. The van der Waals surface area contributed by atoms with E-state index in [0.717, 1.165) is 0 Å². The molecule has 7 nitrogen and oxygen atoms in total. The summed E-state index contributed by atoms with van der Waals surface area (Å²) < 4.78 is 0. The number of carbonyl (C=O) groups is 3. The van der Waals surface area contributed by atoms with Crippen molar-refractivity contribution in [2.45, 2.75) is 39.2 Å². The second-order valence-electron chi connectivity index (χ2n) is 4.49. The normalized spacial score (nSPS) is 14.1. The summed E-state index contributed by atoms with van der Waals surface area (Å²) in [5.41, 5.74) is 0. The molecule has 7 heteroatoms. The van der Waals surface area contributed by atoms with Gasteiger partial charge >= 0.3 is 17.9 Å². The van der Waals surface area contributed by atoms with Crippen molar-refractivity contribution in [3.63, 3.8) is 0 Å². The van der Waals surface area contributed by atoms with Gasteiger partial charge in [0, 0.05) is 13.1 Å². The van der Waals surface area contributed by atoms with Crippen molar-refractivity contribution in [2.75, 3.05) is 13.1 Å². The van der Waals surface area contributed by atoms with Crippen LogP contribution in [0.2, 0.25) is 0 Å². The van der Waals surface area contributed by atoms with Crippen molar-refractivity contribution in [1.29, 1.82) is 0 Å². The lowest BCUT2D eigenvalue weighted by Gasteiger charge is -2.31. The van der Waals surface area contributed by atoms with Crippen molar-refractivity contribution in [3.05, 3.63) is 0 Å². The minimum atomic E-state index is -1.05. The Bertz CT molecular complexity index is 312. The Morgan fingerprint density at radius 3 is 1.68 bits per heavy atom. The van der Waals surface area contributed by atoms with E-state index in [4.69, 9.17) is 10.2 Å². The molecule has 2 atom stereocenters. The Morgan fingerprint density at radius 1 is 1.00 bits per heavy atom. The topological polar surface area (TPSA) is 115 Å². The predicted octanol–water partition coefficient (Wildman–Crippen LogP) is 0.737. The van der Waals surface area contributed by atoms with Gasteiger partial charge in [-0.3, -0.25) is 19.3 Å². The monoisotopic (exact) mass is 275 g/mol. The molecule has 0 aromatic heterocycles. The van der Waals surface area contributed by atoms with Crippen LogP contribution < -0.4 is 0 Å². The van der Waals surface area contributed by atoms with Crippen LogP contribution in [-0.4, -0.2) is 57.3 Å². The van der Waals surface area contributed by atoms with Gasteiger partial charge in [0.25, 0.3) is 0 Å². The van der Waals surface area contributed by atoms with Gasteiger partial charge in [-0.2, -0.15) is 0 Å². The molecule has 3 N–H and O–H groups in total. The second-order valence-corrected chi connectivity index (χ2v) is 4.49. The van der Waals surface area contributed by atoms with Gasteiger partial charge in [-0.1, -0.05) is 20.3 Å². The zero-order valence-electron chi connectivity index (χ0n) is 11.2. The fourth-order valence-corrected chi connectivity index (χ4v) is 1.85. The van der Waals surface area contributed by atoms with Crippen molar-refractivity contribution >= 4 is 17.9 Å². The molecule has 0 aliphatic carbocycles. The van der Waals surface area contributed by atoms with Crippen LogP contribution >= 0.6 is 0 Å². The van der Waals surface area contributed by atoms with Gasteiger partial charge in [-0.25, -0.2) is 0 Å². The van der Waals surface area contributed by atoms with E-state index >= 15 is 0 Å². The third-order valence-electron chi connectivity index (χ3n) is 3.06. The molecule has 19 heavy (non-hydrogen) atoms. The maximum atomic E-state index is 11.3. The lowest BCUT2D eigenvalue weighted by atomic mass is 9.97. The minimum Gasteiger partial charge on any atom is -0.481 e. The molecule has 0 aromatic carbocycles. The van der Waals surface area contributed by atoms with Crippen LogP contribution in [0.4, 0.5) is 0 Å². The molecular formula is C12H21NO6. The van der Waals surface area contributed by atoms with Crippen LogP contribution in [0.25, 0.3) is 0 Å². The molecule has 0 aromatic rings. The maximum absolute atomic E-state index is 11.3. The van der Waals surface area contributed by atoms with Crippen LogP contribution in [0.1, 0.15) is 33.1 Å². The number of carboxylic acid groups (broad SMARTS) is 3. The summed E-state index contributed by atoms with van der Waals surface area (Å²) >= 11 is 0. The van der Waals surface area contributed by atoms with Crippen LogP contribution in [0.15, 0.2) is 0 Å². The van der Waals surface area contributed by atoms with Gasteiger partial charge in [0.1, 0.15) is 6.04 Å². The number of rotatable bonds is 10. The number of carboxylic acids is 3. The zero-order valence-corrected chi connectivity index (χ0v) is 11.2. The largest absolute Gasteiger partial charge is 0.481 e. The summed E-state index contributed by atoms with van der Waals surface area (Å²) in [5, 5.41) is 26.6. The van der Waals surface area contributed by atoms with Crippen molar-refractivity contribution in [1.82, 2.24) is 4.90 Å². The van der Waals surface area contributed by atoms with Crippen LogP contribution in [0.3, 0.4) is 0 Å². The average molecular weight is 275 g/mol. The standard InChI is InChI=1S/C12H21NO6/c1-3-8(2)11(12(18)19)13(6-4-9(14)15)7-5-10(16)17/h8,11H,3-7H2,1-2H3,(H,14,15)(H,16,17)(H,18,19). The fourth-order valence-electron chi connectivity index (χ4n) is 1.85. The summed E-state index contributed by atoms with van der Waals surface area (Å²) in [7, 11) is 0. The highest BCUT2D eigenvalue weighted by molar-refractivity contribution is 5.74. The fraction of sp³-hybridized carbons (Fsp3) is 0.750. The van der Waals surface area contributed by atoms with E-state index in [9.17, 15) is 19.5 Å². The Hall–Kier alpha value is -1.63. The second kappa shape index (κ2) is 8.47. The van der Waals surface area contributed by atoms with E-state index in [1.165, 1.54) is 4.90 Å². The molecule has 0 rings (SSSR count). The van der Waals surface area contributed by atoms with Crippen molar-refractivity contribution < 1.29 is 29.7 Å². The average Bonchev–Trinajstić information content (AvgIpc) is 2.30. The highest BCUT2D eigenvalue weighted by atomic mass is 16.4. The Morgan fingerprint density at radius 2 is 1.42 bits per heavy atom. The van der Waals surface area contributed by atoms with Crippen LogP contribution in [-0.2, 0) is 14.4 Å². The molecule has 0 amide bonds. The molecule has 0 aliphatic rings. The summed E-state index contributed by atoms with van der Waals surface area (Å²) in [6.45, 7) is 3.66. The van der Waals surface area contributed by atoms with Crippen LogP contribution in [0.5, 0.6) is 0 Å². The lowest BCUT2D eigenvalue weighted by Crippen LogP contribution is -2.47. The highest BCUT2D eigenvalue weighted by Gasteiger charge is 2.30. The summed E-state index contributed by atoms with van der Waals surface area (Å²) in [6, 6.07) is -0.858. The van der Waals surface area contributed by atoms with E-state index in [1.54, 1.807) is 6.92 Å². The van der Waals surface area contributed by atoms with Crippen LogP contribution in [0, 0.1) is 5.92 Å². The number of hydrogen-bond donors (Lipinski definition) is 3. The molecule has 0 fully saturated rings. The smallest absolute Gasteiger partial charge is 0.321 e. The Balaban J connectivity index is 4.86. The van der Waals surface area contributed by atoms with Gasteiger partial charge in [0.2, 0.25) is 0 Å². The molecule has 0 heterocycles. The van der Waals surface area contributed by atoms with E-state index in [0.29, 0.717) is 6.42 Å². The molecule has 0 radical (unpaired) electrons. The van der Waals surface area contributed by atoms with E-state index < -0.39 is 23.9 Å². The number of hydrogen-bond acceptors (Lipinski definition) is 4. The quantitative estimate of drug-likeness (QED) is 0.538. The van der Waals surface area contributed by atoms with E-state index in [1.807, 2.05) is 6.92 Å².